The van der Waals surface area contributed by atoms with E-state index >= 15 is 0 Å². The molecule has 3 rings (SSSR count). The van der Waals surface area contributed by atoms with Crippen molar-refractivity contribution < 1.29 is 4.79 Å². The average Bonchev–Trinajstić information content (AvgIpc) is 2.97. The third-order valence-corrected chi connectivity index (χ3v) is 3.46. The number of nitrogens with zero attached hydrogens (tertiary/aromatic N) is 5. The van der Waals surface area contributed by atoms with Crippen molar-refractivity contribution in [2.45, 2.75) is 25.8 Å². The second-order valence-electron chi connectivity index (χ2n) is 4.78. The zero-order chi connectivity index (χ0) is 13.9. The van der Waals surface area contributed by atoms with Gasteiger partial charge >= 0.3 is 0 Å². The first-order chi connectivity index (χ1) is 9.75. The van der Waals surface area contributed by atoms with Gasteiger partial charge in [-0.1, -0.05) is 0 Å². The third kappa shape index (κ3) is 2.36. The number of carbonyl (C=O) groups is 1. The second kappa shape index (κ2) is 5.32. The van der Waals surface area contributed by atoms with Crippen LogP contribution < -0.4 is 0 Å². The van der Waals surface area contributed by atoms with E-state index in [1.807, 2.05) is 11.0 Å². The summed E-state index contributed by atoms with van der Waals surface area (Å²) in [5.74, 6) is 0.547. The molecule has 0 spiro atoms. The van der Waals surface area contributed by atoms with Crippen LogP contribution in [0.2, 0.25) is 0 Å². The molecule has 0 N–H and O–H groups in total. The highest BCUT2D eigenvalue weighted by Gasteiger charge is 2.32. The van der Waals surface area contributed by atoms with Gasteiger partial charge in [-0.3, -0.25) is 4.79 Å². The number of carbonyl (C=O) groups excluding carboxylic acids is 1. The maximum atomic E-state index is 12.6. The van der Waals surface area contributed by atoms with Crippen molar-refractivity contribution in [3.8, 4) is 0 Å². The standard InChI is InChI=1S/C14H15N5O/c1-10-16-7-5-12(18-10)14(20)19-8-2-3-13(19)11-4-6-15-9-17-11/h4-7,9,13H,2-3,8H2,1H3/t13-/m1/s1. The lowest BCUT2D eigenvalue weighted by Crippen LogP contribution is -2.31. The van der Waals surface area contributed by atoms with Crippen LogP contribution in [0.15, 0.2) is 30.9 Å². The first-order valence-corrected chi connectivity index (χ1v) is 6.62. The van der Waals surface area contributed by atoms with E-state index in [4.69, 9.17) is 0 Å². The Morgan fingerprint density at radius 1 is 1.30 bits per heavy atom. The lowest BCUT2D eigenvalue weighted by molar-refractivity contribution is 0.0726. The molecule has 0 aromatic carbocycles. The molecule has 0 radical (unpaired) electrons. The van der Waals surface area contributed by atoms with Crippen molar-refractivity contribution in [3.05, 3.63) is 48.1 Å². The van der Waals surface area contributed by atoms with Crippen LogP contribution >= 0.6 is 0 Å². The Hall–Kier alpha value is -2.37. The van der Waals surface area contributed by atoms with Gasteiger partial charge in [-0.15, -0.1) is 0 Å². The number of aryl methyl sites for hydroxylation is 1. The molecule has 0 aliphatic carbocycles. The Bertz CT molecular complexity index is 616. The molecule has 1 atom stereocenters. The third-order valence-electron chi connectivity index (χ3n) is 3.46. The van der Waals surface area contributed by atoms with Crippen LogP contribution in [0.5, 0.6) is 0 Å². The molecule has 102 valence electrons. The summed E-state index contributed by atoms with van der Waals surface area (Å²) in [6.45, 7) is 2.51. The first-order valence-electron chi connectivity index (χ1n) is 6.62. The minimum absolute atomic E-state index is 0.0146. The van der Waals surface area contributed by atoms with Gasteiger partial charge in [0.2, 0.25) is 0 Å². The highest BCUT2D eigenvalue weighted by atomic mass is 16.2. The van der Waals surface area contributed by atoms with Crippen molar-refractivity contribution in [2.24, 2.45) is 0 Å². The van der Waals surface area contributed by atoms with Crippen molar-refractivity contribution in [2.75, 3.05) is 6.54 Å². The van der Waals surface area contributed by atoms with Crippen LogP contribution in [-0.4, -0.2) is 37.3 Å². The fourth-order valence-electron chi connectivity index (χ4n) is 2.54. The van der Waals surface area contributed by atoms with Gasteiger partial charge in [0, 0.05) is 18.9 Å². The fourth-order valence-corrected chi connectivity index (χ4v) is 2.54. The van der Waals surface area contributed by atoms with E-state index in [9.17, 15) is 4.79 Å². The Balaban J connectivity index is 1.87. The summed E-state index contributed by atoms with van der Waals surface area (Å²) in [7, 11) is 0. The molecule has 2 aromatic rings. The van der Waals surface area contributed by atoms with Crippen LogP contribution in [0, 0.1) is 6.92 Å². The predicted molar refractivity (Wildman–Crippen MR) is 71.8 cm³/mol. The van der Waals surface area contributed by atoms with Crippen LogP contribution in [-0.2, 0) is 0 Å². The number of hydrogen-bond donors (Lipinski definition) is 0. The van der Waals surface area contributed by atoms with E-state index in [-0.39, 0.29) is 11.9 Å². The topological polar surface area (TPSA) is 71.9 Å². The van der Waals surface area contributed by atoms with Gasteiger partial charge in [-0.2, -0.15) is 0 Å². The average molecular weight is 269 g/mol. The molecule has 0 bridgehead atoms. The van der Waals surface area contributed by atoms with Gasteiger partial charge < -0.3 is 4.90 Å². The molecule has 1 saturated heterocycles. The first kappa shape index (κ1) is 12.7. The lowest BCUT2D eigenvalue weighted by Gasteiger charge is -2.23. The van der Waals surface area contributed by atoms with E-state index in [1.54, 1.807) is 25.4 Å². The van der Waals surface area contributed by atoms with E-state index in [1.165, 1.54) is 6.33 Å². The smallest absolute Gasteiger partial charge is 0.273 e. The molecule has 2 aromatic heterocycles. The molecular formula is C14H15N5O. The summed E-state index contributed by atoms with van der Waals surface area (Å²) >= 11 is 0. The highest BCUT2D eigenvalue weighted by Crippen LogP contribution is 2.31. The van der Waals surface area contributed by atoms with Gasteiger partial charge in [0.25, 0.3) is 5.91 Å². The number of likely N-dealkylation sites (tertiary alicyclic amines) is 1. The monoisotopic (exact) mass is 269 g/mol. The minimum atomic E-state index is -0.0587. The van der Waals surface area contributed by atoms with E-state index in [0.29, 0.717) is 11.5 Å². The van der Waals surface area contributed by atoms with Crippen LogP contribution in [0.25, 0.3) is 0 Å². The minimum Gasteiger partial charge on any atom is -0.329 e. The molecule has 1 fully saturated rings. The summed E-state index contributed by atoms with van der Waals surface area (Å²) in [4.78, 5) is 30.8. The molecule has 0 saturated carbocycles. The van der Waals surface area contributed by atoms with Gasteiger partial charge in [-0.25, -0.2) is 19.9 Å². The summed E-state index contributed by atoms with van der Waals surface area (Å²) in [6, 6.07) is 3.53. The lowest BCUT2D eigenvalue weighted by atomic mass is 10.1. The van der Waals surface area contributed by atoms with Crippen LogP contribution in [0.1, 0.15) is 40.9 Å². The Labute approximate surface area is 116 Å². The Kier molecular flexibility index (Phi) is 3.37. The quantitative estimate of drug-likeness (QED) is 0.827. The van der Waals surface area contributed by atoms with Crippen molar-refractivity contribution in [1.29, 1.82) is 0 Å². The summed E-state index contributed by atoms with van der Waals surface area (Å²) in [6.07, 6.45) is 6.74. The SMILES string of the molecule is Cc1nccc(C(=O)N2CCC[C@@H]2c2ccncn2)n1. The zero-order valence-corrected chi connectivity index (χ0v) is 11.2. The summed E-state index contributed by atoms with van der Waals surface area (Å²) in [5, 5.41) is 0. The van der Waals surface area contributed by atoms with E-state index in [2.05, 4.69) is 19.9 Å². The largest absolute Gasteiger partial charge is 0.329 e. The number of aromatic nitrogens is 4. The second-order valence-corrected chi connectivity index (χ2v) is 4.78. The maximum Gasteiger partial charge on any atom is 0.273 e. The van der Waals surface area contributed by atoms with Crippen molar-refractivity contribution in [1.82, 2.24) is 24.8 Å². The van der Waals surface area contributed by atoms with Gasteiger partial charge in [0.1, 0.15) is 17.8 Å². The summed E-state index contributed by atoms with van der Waals surface area (Å²) < 4.78 is 0. The molecule has 1 aliphatic rings. The summed E-state index contributed by atoms with van der Waals surface area (Å²) in [5.41, 5.74) is 1.33. The van der Waals surface area contributed by atoms with E-state index < -0.39 is 0 Å². The number of amides is 1. The number of hydrogen-bond acceptors (Lipinski definition) is 5. The van der Waals surface area contributed by atoms with Gasteiger partial charge in [0.15, 0.2) is 0 Å². The van der Waals surface area contributed by atoms with Crippen LogP contribution in [0.3, 0.4) is 0 Å². The predicted octanol–water partition coefficient (Wildman–Crippen LogP) is 1.55. The van der Waals surface area contributed by atoms with Crippen molar-refractivity contribution in [3.63, 3.8) is 0 Å². The van der Waals surface area contributed by atoms with E-state index in [0.717, 1.165) is 25.1 Å². The molecule has 0 unspecified atom stereocenters. The molecule has 3 heterocycles. The molecule has 6 nitrogen and oxygen atoms in total. The number of rotatable bonds is 2. The molecule has 1 aliphatic heterocycles. The highest BCUT2D eigenvalue weighted by molar-refractivity contribution is 5.92. The molecule has 20 heavy (non-hydrogen) atoms. The van der Waals surface area contributed by atoms with Gasteiger partial charge in [-0.05, 0) is 31.9 Å². The molecule has 6 heteroatoms. The fraction of sp³-hybridized carbons (Fsp3) is 0.357. The Morgan fingerprint density at radius 2 is 2.20 bits per heavy atom. The maximum absolute atomic E-state index is 12.6. The Morgan fingerprint density at radius 3 is 2.95 bits per heavy atom. The van der Waals surface area contributed by atoms with Crippen molar-refractivity contribution >= 4 is 5.91 Å². The normalized spacial score (nSPS) is 18.2. The molecule has 1 amide bonds. The zero-order valence-electron chi connectivity index (χ0n) is 11.2. The van der Waals surface area contributed by atoms with Crippen LogP contribution in [0.4, 0.5) is 0 Å². The van der Waals surface area contributed by atoms with Gasteiger partial charge in [0.05, 0.1) is 11.7 Å². The molecular weight excluding hydrogens is 254 g/mol.